The third kappa shape index (κ3) is 4.19. The Balaban J connectivity index is 4.08. The Kier molecular flexibility index (Phi) is 4.89. The summed E-state index contributed by atoms with van der Waals surface area (Å²) in [6.07, 6.45) is 2.61. The fourth-order valence-corrected chi connectivity index (χ4v) is 0.522. The van der Waals surface area contributed by atoms with Gasteiger partial charge in [-0.15, -0.1) is 0 Å². The van der Waals surface area contributed by atoms with E-state index in [1.165, 1.54) is 6.08 Å². The summed E-state index contributed by atoms with van der Waals surface area (Å²) in [6.45, 7) is 3.37. The number of aliphatic carboxylic acids is 1. The Hall–Kier alpha value is -1.26. The number of rotatable bonds is 5. The van der Waals surface area contributed by atoms with Crippen molar-refractivity contribution in [3.63, 3.8) is 0 Å². The Labute approximate surface area is 64.9 Å². The molecular weight excluding hydrogens is 145 g/mol. The molecule has 11 heavy (non-hydrogen) atoms. The predicted molar refractivity (Wildman–Crippen MR) is 41.2 cm³/mol. The van der Waals surface area contributed by atoms with Crippen LogP contribution in [0, 0.1) is 0 Å². The Morgan fingerprint density at radius 2 is 2.45 bits per heavy atom. The zero-order chi connectivity index (χ0) is 8.69. The van der Waals surface area contributed by atoms with Gasteiger partial charge in [-0.25, -0.2) is 0 Å². The standard InChI is InChI=1S/C6H8BNO3/c1-2-3-5(6(9)10)8-4-7-11/h2,4-5H,1,3H2,(H,9,10)/t5-/m0/s1. The van der Waals surface area contributed by atoms with Gasteiger partial charge >= 0.3 is 63.9 Å². The van der Waals surface area contributed by atoms with Crippen LogP contribution >= 0.6 is 0 Å². The number of carboxylic acids is 1. The molecule has 0 heterocycles. The molecule has 58 valence electrons. The zero-order valence-electron chi connectivity index (χ0n) is 5.93. The molecule has 0 unspecified atom stereocenters. The summed E-state index contributed by atoms with van der Waals surface area (Å²) in [4.78, 5) is 13.8. The second-order valence-corrected chi connectivity index (χ2v) is 1.81. The van der Waals surface area contributed by atoms with E-state index in [1.54, 1.807) is 0 Å². The van der Waals surface area contributed by atoms with Crippen LogP contribution in [0.15, 0.2) is 17.6 Å². The minimum absolute atomic E-state index is 0.236. The molecule has 0 aliphatic carbocycles. The second kappa shape index (κ2) is 5.52. The fraction of sp³-hybridized carbons (Fsp3) is 0.333. The molecule has 0 fully saturated rings. The third-order valence-electron chi connectivity index (χ3n) is 1.00. The van der Waals surface area contributed by atoms with Gasteiger partial charge in [-0.1, -0.05) is 0 Å². The maximum atomic E-state index is 10.3. The first-order valence-corrected chi connectivity index (χ1v) is 3.03. The summed E-state index contributed by atoms with van der Waals surface area (Å²) in [5.41, 5.74) is 0. The summed E-state index contributed by atoms with van der Waals surface area (Å²) < 4.78 is 9.77. The average molecular weight is 153 g/mol. The maximum absolute atomic E-state index is 10.3. The minimum atomic E-state index is -1.05. The van der Waals surface area contributed by atoms with Crippen LogP contribution in [0.2, 0.25) is 0 Å². The monoisotopic (exact) mass is 153 g/mol. The van der Waals surface area contributed by atoms with Crippen LogP contribution in [-0.2, 0) is 9.50 Å². The van der Waals surface area contributed by atoms with Crippen LogP contribution in [0.5, 0.6) is 0 Å². The molecule has 0 aliphatic rings. The topological polar surface area (TPSA) is 66.7 Å². The summed E-state index contributed by atoms with van der Waals surface area (Å²) in [5, 5.41) is 8.45. The molecule has 1 atom stereocenters. The van der Waals surface area contributed by atoms with E-state index in [1.807, 2.05) is 0 Å². The van der Waals surface area contributed by atoms with Crippen molar-refractivity contribution >= 4 is 19.2 Å². The van der Waals surface area contributed by atoms with Crippen LogP contribution < -0.4 is 0 Å². The molecule has 0 saturated carbocycles. The molecule has 0 aliphatic heterocycles. The van der Waals surface area contributed by atoms with Crippen molar-refractivity contribution in [3.8, 4) is 0 Å². The van der Waals surface area contributed by atoms with Crippen molar-refractivity contribution in [2.75, 3.05) is 0 Å². The van der Waals surface area contributed by atoms with Crippen molar-refractivity contribution in [2.24, 2.45) is 4.99 Å². The fourth-order valence-electron chi connectivity index (χ4n) is 0.522. The molecule has 1 N–H and O–H groups in total. The Morgan fingerprint density at radius 1 is 1.82 bits per heavy atom. The molecule has 0 aromatic heterocycles. The number of aliphatic imine (C=N–C) groups is 1. The Morgan fingerprint density at radius 3 is 2.82 bits per heavy atom. The van der Waals surface area contributed by atoms with Crippen molar-refractivity contribution in [1.82, 2.24) is 0 Å². The van der Waals surface area contributed by atoms with Crippen molar-refractivity contribution in [3.05, 3.63) is 12.7 Å². The number of carbonyl (C=O) groups is 1. The van der Waals surface area contributed by atoms with E-state index in [2.05, 4.69) is 11.6 Å². The number of hydrogen-bond donors (Lipinski definition) is 1. The molecule has 0 rings (SSSR count). The Bertz CT molecular complexity index is 190. The quantitative estimate of drug-likeness (QED) is 0.345. The molecule has 0 aromatic carbocycles. The molecule has 0 bridgehead atoms. The summed E-state index contributed by atoms with van der Waals surface area (Å²) in [6, 6.07) is -0.877. The van der Waals surface area contributed by atoms with Crippen LogP contribution in [0.4, 0.5) is 0 Å². The van der Waals surface area contributed by atoms with Gasteiger partial charge in [0, 0.05) is 0 Å². The molecule has 0 amide bonds. The van der Waals surface area contributed by atoms with Gasteiger partial charge in [-0.2, -0.15) is 0 Å². The van der Waals surface area contributed by atoms with Crippen LogP contribution in [0.3, 0.4) is 0 Å². The molecule has 0 radical (unpaired) electrons. The van der Waals surface area contributed by atoms with E-state index in [9.17, 15) is 9.50 Å². The number of nitrogens with zero attached hydrogens (tertiary/aromatic N) is 1. The molecule has 0 spiro atoms. The van der Waals surface area contributed by atoms with Crippen LogP contribution in [-0.4, -0.2) is 30.4 Å². The van der Waals surface area contributed by atoms with Gasteiger partial charge in [-0.3, -0.25) is 0 Å². The molecule has 0 aromatic rings. The van der Waals surface area contributed by atoms with Crippen LogP contribution in [0.1, 0.15) is 6.42 Å². The van der Waals surface area contributed by atoms with Gasteiger partial charge in [0.1, 0.15) is 0 Å². The van der Waals surface area contributed by atoms with Crippen LogP contribution in [0.25, 0.3) is 0 Å². The van der Waals surface area contributed by atoms with Gasteiger partial charge in [0.15, 0.2) is 0 Å². The first-order chi connectivity index (χ1) is 5.22. The SMILES string of the molecule is C=CC[C@H](N=CB=O)C(=O)O. The molecule has 5 heteroatoms. The van der Waals surface area contributed by atoms with Gasteiger partial charge in [0.05, 0.1) is 0 Å². The van der Waals surface area contributed by atoms with E-state index in [4.69, 9.17) is 5.11 Å². The van der Waals surface area contributed by atoms with Gasteiger partial charge in [0.25, 0.3) is 0 Å². The van der Waals surface area contributed by atoms with Gasteiger partial charge in [-0.05, 0) is 0 Å². The van der Waals surface area contributed by atoms with Gasteiger partial charge < -0.3 is 0 Å². The van der Waals surface area contributed by atoms with E-state index < -0.39 is 12.0 Å². The normalized spacial score (nSPS) is 12.4. The number of carboxylic acid groups (broad SMARTS) is 1. The van der Waals surface area contributed by atoms with Gasteiger partial charge in [0.2, 0.25) is 0 Å². The first-order valence-electron chi connectivity index (χ1n) is 3.03. The zero-order valence-corrected chi connectivity index (χ0v) is 5.93. The first kappa shape index (κ1) is 9.74. The molecular formula is C6H8BNO3. The van der Waals surface area contributed by atoms with Crippen molar-refractivity contribution in [2.45, 2.75) is 12.5 Å². The van der Waals surface area contributed by atoms with E-state index in [0.29, 0.717) is 7.15 Å². The van der Waals surface area contributed by atoms with E-state index in [-0.39, 0.29) is 6.42 Å². The summed E-state index contributed by atoms with van der Waals surface area (Å²) in [7, 11) is 0.443. The molecule has 4 nitrogen and oxygen atoms in total. The number of hydrogen-bond acceptors (Lipinski definition) is 3. The summed E-state index contributed by atoms with van der Waals surface area (Å²) >= 11 is 0. The molecule has 0 saturated heterocycles. The summed E-state index contributed by atoms with van der Waals surface area (Å²) in [5.74, 6) is -1.05. The second-order valence-electron chi connectivity index (χ2n) is 1.81. The van der Waals surface area contributed by atoms with E-state index in [0.717, 1.165) is 6.11 Å². The third-order valence-corrected chi connectivity index (χ3v) is 1.00. The van der Waals surface area contributed by atoms with Crippen molar-refractivity contribution < 1.29 is 14.6 Å². The van der Waals surface area contributed by atoms with Crippen molar-refractivity contribution in [1.29, 1.82) is 0 Å². The predicted octanol–water partition coefficient (Wildman–Crippen LogP) is 0.0937. The average Bonchev–Trinajstić information content (AvgIpc) is 1.97. The van der Waals surface area contributed by atoms with E-state index >= 15 is 0 Å².